The first kappa shape index (κ1) is 28.6. The number of nitriles is 1. The fourth-order valence-electron chi connectivity index (χ4n) is 6.30. The molecular weight excluding hydrogens is 572 g/mol. The molecule has 4 heterocycles. The Morgan fingerprint density at radius 2 is 1.98 bits per heavy atom. The van der Waals surface area contributed by atoms with Gasteiger partial charge in [-0.15, -0.1) is 0 Å². The molecule has 0 aliphatic carbocycles. The number of carbonyl (C=O) groups excluding carboxylic acids is 3. The molecular formula is C32H29F2N5O3S. The maximum Gasteiger partial charge on any atom is 0.270 e. The zero-order valence-electron chi connectivity index (χ0n) is 23.8. The van der Waals surface area contributed by atoms with Crippen LogP contribution >= 0.6 is 11.3 Å². The predicted molar refractivity (Wildman–Crippen MR) is 159 cm³/mol. The minimum absolute atomic E-state index is 0.000715. The largest absolute Gasteiger partial charge is 0.350 e. The van der Waals surface area contributed by atoms with E-state index in [9.17, 15) is 28.4 Å². The highest BCUT2D eigenvalue weighted by atomic mass is 32.1. The summed E-state index contributed by atoms with van der Waals surface area (Å²) in [6.07, 6.45) is 0.414. The molecule has 43 heavy (non-hydrogen) atoms. The maximum atomic E-state index is 14.3. The number of benzene rings is 2. The average molecular weight is 602 g/mol. The number of nitrogens with zero attached hydrogens (tertiary/aromatic N) is 3. The van der Waals surface area contributed by atoms with Crippen LogP contribution in [0.1, 0.15) is 42.7 Å². The van der Waals surface area contributed by atoms with E-state index < -0.39 is 40.9 Å². The first-order valence-corrected chi connectivity index (χ1v) is 14.9. The number of fused-ring (bicyclic) bond motifs is 3. The van der Waals surface area contributed by atoms with E-state index in [1.165, 1.54) is 22.9 Å². The quantitative estimate of drug-likeness (QED) is 0.297. The SMILES string of the molecule is CC(C)C[C@@H](C(=O)N1C[C@]2(CC1C#N)C(=O)Nc1ccc(-c3ccsc3)cc12)N(C)C(=O)c1cc2c(F)cc(F)cc2[nH]1. The molecule has 1 unspecified atom stereocenters. The molecule has 2 aliphatic heterocycles. The van der Waals surface area contributed by atoms with Gasteiger partial charge in [-0.1, -0.05) is 19.9 Å². The second-order valence-electron chi connectivity index (χ2n) is 11.7. The van der Waals surface area contributed by atoms with Crippen LogP contribution in [0.2, 0.25) is 0 Å². The third kappa shape index (κ3) is 4.76. The van der Waals surface area contributed by atoms with Crippen molar-refractivity contribution in [3.63, 3.8) is 0 Å². The molecule has 0 radical (unpaired) electrons. The van der Waals surface area contributed by atoms with E-state index in [1.807, 2.05) is 48.9 Å². The molecule has 1 spiro atoms. The summed E-state index contributed by atoms with van der Waals surface area (Å²) in [7, 11) is 1.48. The molecule has 8 nitrogen and oxygen atoms in total. The van der Waals surface area contributed by atoms with Crippen LogP contribution in [0.3, 0.4) is 0 Å². The first-order chi connectivity index (χ1) is 20.5. The maximum absolute atomic E-state index is 14.3. The van der Waals surface area contributed by atoms with Gasteiger partial charge in [-0.2, -0.15) is 16.6 Å². The Kier molecular flexibility index (Phi) is 7.05. The van der Waals surface area contributed by atoms with E-state index in [-0.39, 0.29) is 47.8 Å². The molecule has 0 saturated carbocycles. The van der Waals surface area contributed by atoms with Gasteiger partial charge in [0.15, 0.2) is 0 Å². The zero-order valence-corrected chi connectivity index (χ0v) is 24.6. The number of likely N-dealkylation sites (N-methyl/N-ethyl adjacent to an activating group) is 1. The summed E-state index contributed by atoms with van der Waals surface area (Å²) in [4.78, 5) is 46.8. The Hall–Kier alpha value is -4.56. The summed E-state index contributed by atoms with van der Waals surface area (Å²) in [6, 6.07) is 11.2. The molecule has 4 aromatic rings. The van der Waals surface area contributed by atoms with E-state index in [0.717, 1.165) is 28.8 Å². The van der Waals surface area contributed by atoms with Crippen LogP contribution in [0, 0.1) is 28.9 Å². The molecule has 220 valence electrons. The Bertz CT molecular complexity index is 1810. The number of anilines is 1. The second kappa shape index (κ2) is 10.6. The molecule has 1 fully saturated rings. The number of H-pyrrole nitrogens is 1. The van der Waals surface area contributed by atoms with Gasteiger partial charge in [0.25, 0.3) is 5.91 Å². The van der Waals surface area contributed by atoms with Gasteiger partial charge in [0.05, 0.1) is 17.0 Å². The van der Waals surface area contributed by atoms with Crippen molar-refractivity contribution in [2.24, 2.45) is 5.92 Å². The van der Waals surface area contributed by atoms with Gasteiger partial charge >= 0.3 is 0 Å². The highest BCUT2D eigenvalue weighted by Crippen LogP contribution is 2.48. The highest BCUT2D eigenvalue weighted by molar-refractivity contribution is 7.08. The summed E-state index contributed by atoms with van der Waals surface area (Å²) < 4.78 is 28.1. The molecule has 2 N–H and O–H groups in total. The fraction of sp³-hybridized carbons (Fsp3) is 0.312. The number of thiophene rings is 1. The Morgan fingerprint density at radius 3 is 2.67 bits per heavy atom. The van der Waals surface area contributed by atoms with Gasteiger partial charge in [0, 0.05) is 37.2 Å². The standard InChI is InChI=1S/C32H29F2N5O3S/c1-17(2)8-28(38(3)29(40)27-12-22-24(34)10-20(33)11-26(22)36-27)30(41)39-16-32(13-21(39)14-35)23-9-18(19-6-7-43-15-19)4-5-25(23)37-31(32)42/h4-7,9-12,15,17,21,28,36H,8,13,16H2,1-3H3,(H,37,42)/t21?,28-,32-/m0/s1. The van der Waals surface area contributed by atoms with Crippen LogP contribution in [0.5, 0.6) is 0 Å². The lowest BCUT2D eigenvalue weighted by Gasteiger charge is -2.33. The monoisotopic (exact) mass is 601 g/mol. The van der Waals surface area contributed by atoms with Gasteiger partial charge < -0.3 is 20.1 Å². The minimum atomic E-state index is -1.11. The molecule has 2 aromatic heterocycles. The highest BCUT2D eigenvalue weighted by Gasteiger charge is 2.57. The van der Waals surface area contributed by atoms with Crippen molar-refractivity contribution in [3.05, 3.63) is 76.1 Å². The zero-order chi connectivity index (χ0) is 30.6. The van der Waals surface area contributed by atoms with Crippen LogP contribution in [-0.4, -0.2) is 58.2 Å². The van der Waals surface area contributed by atoms with Crippen LogP contribution in [-0.2, 0) is 15.0 Å². The van der Waals surface area contributed by atoms with Crippen molar-refractivity contribution < 1.29 is 23.2 Å². The molecule has 11 heteroatoms. The number of nitrogens with one attached hydrogen (secondary N) is 2. The van der Waals surface area contributed by atoms with Crippen LogP contribution in [0.15, 0.2) is 53.2 Å². The third-order valence-corrected chi connectivity index (χ3v) is 9.20. The van der Waals surface area contributed by atoms with Gasteiger partial charge in [-0.3, -0.25) is 14.4 Å². The number of amides is 3. The van der Waals surface area contributed by atoms with Gasteiger partial charge in [-0.25, -0.2) is 8.78 Å². The summed E-state index contributed by atoms with van der Waals surface area (Å²) in [5.41, 5.74) is 2.37. The number of likely N-dealkylation sites (tertiary alicyclic amines) is 1. The average Bonchev–Trinajstić information content (AvgIpc) is 3.77. The lowest BCUT2D eigenvalue weighted by atomic mass is 9.79. The molecule has 3 amide bonds. The van der Waals surface area contributed by atoms with Gasteiger partial charge in [0.1, 0.15) is 29.4 Å². The number of halogens is 2. The molecule has 6 rings (SSSR count). The van der Waals surface area contributed by atoms with Crippen molar-refractivity contribution in [1.82, 2.24) is 14.8 Å². The predicted octanol–water partition coefficient (Wildman–Crippen LogP) is 5.68. The van der Waals surface area contributed by atoms with E-state index in [2.05, 4.69) is 16.4 Å². The smallest absolute Gasteiger partial charge is 0.270 e. The van der Waals surface area contributed by atoms with Gasteiger partial charge in [-0.05, 0) is 70.1 Å². The topological polar surface area (TPSA) is 109 Å². The van der Waals surface area contributed by atoms with Crippen molar-refractivity contribution in [2.45, 2.75) is 44.2 Å². The number of rotatable bonds is 6. The summed E-state index contributed by atoms with van der Waals surface area (Å²) in [5.74, 6) is -2.88. The number of hydrogen-bond donors (Lipinski definition) is 2. The van der Waals surface area contributed by atoms with Crippen molar-refractivity contribution in [2.75, 3.05) is 18.9 Å². The number of aromatic nitrogens is 1. The normalized spacial score (nSPS) is 20.0. The molecule has 3 atom stereocenters. The number of hydrogen-bond acceptors (Lipinski definition) is 5. The van der Waals surface area contributed by atoms with Crippen molar-refractivity contribution >= 4 is 45.6 Å². The number of carbonyl (C=O) groups is 3. The minimum Gasteiger partial charge on any atom is -0.350 e. The number of aromatic amines is 1. The third-order valence-electron chi connectivity index (χ3n) is 8.51. The van der Waals surface area contributed by atoms with Gasteiger partial charge in [0.2, 0.25) is 11.8 Å². The molecule has 2 aliphatic rings. The molecule has 0 bridgehead atoms. The molecule has 2 aromatic carbocycles. The van der Waals surface area contributed by atoms with E-state index >= 15 is 0 Å². The van der Waals surface area contributed by atoms with E-state index in [4.69, 9.17) is 0 Å². The van der Waals surface area contributed by atoms with Crippen LogP contribution in [0.25, 0.3) is 22.0 Å². The summed E-state index contributed by atoms with van der Waals surface area (Å²) in [5, 5.41) is 17.2. The fourth-order valence-corrected chi connectivity index (χ4v) is 6.97. The van der Waals surface area contributed by atoms with Crippen molar-refractivity contribution in [3.8, 4) is 17.2 Å². The van der Waals surface area contributed by atoms with Crippen molar-refractivity contribution in [1.29, 1.82) is 5.26 Å². The lowest BCUT2D eigenvalue weighted by Crippen LogP contribution is -2.52. The lowest BCUT2D eigenvalue weighted by molar-refractivity contribution is -0.136. The Balaban J connectivity index is 1.33. The first-order valence-electron chi connectivity index (χ1n) is 14.0. The van der Waals surface area contributed by atoms with Crippen LogP contribution in [0.4, 0.5) is 14.5 Å². The summed E-state index contributed by atoms with van der Waals surface area (Å²) >= 11 is 1.57. The van der Waals surface area contributed by atoms with Crippen LogP contribution < -0.4 is 5.32 Å². The Morgan fingerprint density at radius 1 is 1.19 bits per heavy atom. The summed E-state index contributed by atoms with van der Waals surface area (Å²) in [6.45, 7) is 3.82. The molecule has 1 saturated heterocycles. The van der Waals surface area contributed by atoms with E-state index in [0.29, 0.717) is 5.69 Å². The Labute approximate surface area is 250 Å². The van der Waals surface area contributed by atoms with E-state index in [1.54, 1.807) is 11.3 Å². The second-order valence-corrected chi connectivity index (χ2v) is 12.5.